The number of benzene rings is 2. The summed E-state index contributed by atoms with van der Waals surface area (Å²) in [4.78, 5) is 55.3. The van der Waals surface area contributed by atoms with Crippen molar-refractivity contribution >= 4 is 29.3 Å². The summed E-state index contributed by atoms with van der Waals surface area (Å²) in [6.45, 7) is 11.6. The molecule has 0 aromatic heterocycles. The number of morpholine rings is 1. The number of hydrogen-bond acceptors (Lipinski definition) is 5. The molecular weight excluding hydrogens is 472 g/mol. The first-order valence-corrected chi connectivity index (χ1v) is 12.2. The van der Waals surface area contributed by atoms with Crippen LogP contribution in [0.3, 0.4) is 0 Å². The molecule has 0 bridgehead atoms. The van der Waals surface area contributed by atoms with Crippen molar-refractivity contribution in [2.24, 2.45) is 0 Å². The number of amides is 4. The Kier molecular flexibility index (Phi) is 6.39. The number of carbonyl (C=O) groups is 4. The molecule has 3 aliphatic heterocycles. The lowest BCUT2D eigenvalue weighted by Gasteiger charge is -2.27. The van der Waals surface area contributed by atoms with Crippen molar-refractivity contribution in [1.82, 2.24) is 15.1 Å². The number of nitrogens with zero attached hydrogens (tertiary/aromatic N) is 3. The molecule has 3 heterocycles. The highest BCUT2D eigenvalue weighted by Crippen LogP contribution is 2.37. The zero-order valence-corrected chi connectivity index (χ0v) is 20.7. The van der Waals surface area contributed by atoms with Crippen LogP contribution < -0.4 is 10.2 Å². The summed E-state index contributed by atoms with van der Waals surface area (Å²) in [7, 11) is 0. The molecule has 0 spiro atoms. The molecule has 1 N–H and O–H groups in total. The van der Waals surface area contributed by atoms with Crippen LogP contribution >= 0.6 is 0 Å². The molecule has 190 valence electrons. The number of ether oxygens (including phenoxy) is 1. The van der Waals surface area contributed by atoms with Gasteiger partial charge in [0, 0.05) is 37.8 Å². The predicted octanol–water partition coefficient (Wildman–Crippen LogP) is 2.22. The fourth-order valence-corrected chi connectivity index (χ4v) is 5.06. The van der Waals surface area contributed by atoms with Gasteiger partial charge in [0.2, 0.25) is 5.91 Å². The Labute approximate surface area is 215 Å². The lowest BCUT2D eigenvalue weighted by atomic mass is 9.95. The van der Waals surface area contributed by atoms with Crippen LogP contribution in [0.25, 0.3) is 11.1 Å². The van der Waals surface area contributed by atoms with E-state index in [4.69, 9.17) is 4.74 Å². The van der Waals surface area contributed by atoms with Gasteiger partial charge in [-0.3, -0.25) is 24.1 Å². The number of anilines is 1. The van der Waals surface area contributed by atoms with E-state index in [0.717, 1.165) is 34.4 Å². The molecule has 3 aliphatic rings. The molecule has 0 saturated carbocycles. The third-order valence-corrected chi connectivity index (χ3v) is 7.04. The lowest BCUT2D eigenvalue weighted by molar-refractivity contribution is -0.132. The molecule has 37 heavy (non-hydrogen) atoms. The van der Waals surface area contributed by atoms with Crippen LogP contribution in [0.1, 0.15) is 28.4 Å². The monoisotopic (exact) mass is 500 g/mol. The van der Waals surface area contributed by atoms with E-state index in [2.05, 4.69) is 24.5 Å². The molecule has 0 atom stereocenters. The molecule has 1 saturated heterocycles. The maximum atomic E-state index is 13.2. The first-order valence-electron chi connectivity index (χ1n) is 12.2. The standard InChI is InChI=1S/C28H28N4O5/c1-17(27(35)30-11-13-37-14-12-30)29-26(34)18(2)32-16-24-22(5-4-6-23(24)28(32)36)20-7-8-25-21(15-20)9-10-31(25)19(3)33/h4-8,15H,1-2,9-14,16H2,3H3,(H,29,34). The Bertz CT molecular complexity index is 1360. The minimum atomic E-state index is -0.656. The predicted molar refractivity (Wildman–Crippen MR) is 137 cm³/mol. The van der Waals surface area contributed by atoms with E-state index in [-0.39, 0.29) is 35.7 Å². The summed E-state index contributed by atoms with van der Waals surface area (Å²) < 4.78 is 5.25. The summed E-state index contributed by atoms with van der Waals surface area (Å²) in [5.74, 6) is -1.36. The van der Waals surface area contributed by atoms with Gasteiger partial charge in [-0.05, 0) is 46.9 Å². The smallest absolute Gasteiger partial charge is 0.271 e. The Morgan fingerprint density at radius 2 is 1.70 bits per heavy atom. The van der Waals surface area contributed by atoms with Gasteiger partial charge < -0.3 is 19.9 Å². The van der Waals surface area contributed by atoms with Crippen LogP contribution in [-0.2, 0) is 32.1 Å². The maximum absolute atomic E-state index is 13.2. The van der Waals surface area contributed by atoms with Gasteiger partial charge in [0.1, 0.15) is 5.70 Å². The minimum absolute atomic E-state index is 0.0134. The Balaban J connectivity index is 1.33. The van der Waals surface area contributed by atoms with Crippen LogP contribution in [0.2, 0.25) is 0 Å². The molecule has 0 unspecified atom stereocenters. The highest BCUT2D eigenvalue weighted by Gasteiger charge is 2.34. The summed E-state index contributed by atoms with van der Waals surface area (Å²) in [6.07, 6.45) is 0.771. The minimum Gasteiger partial charge on any atom is -0.378 e. The number of hydrogen-bond donors (Lipinski definition) is 1. The molecule has 1 fully saturated rings. The molecule has 9 nitrogen and oxygen atoms in total. The zero-order chi connectivity index (χ0) is 26.3. The van der Waals surface area contributed by atoms with Gasteiger partial charge in [-0.2, -0.15) is 0 Å². The van der Waals surface area contributed by atoms with Gasteiger partial charge >= 0.3 is 0 Å². The highest BCUT2D eigenvalue weighted by molar-refractivity contribution is 6.08. The summed E-state index contributed by atoms with van der Waals surface area (Å²) in [5.41, 5.74) is 4.99. The fraction of sp³-hybridized carbons (Fsp3) is 0.286. The molecule has 4 amide bonds. The van der Waals surface area contributed by atoms with E-state index in [1.807, 2.05) is 24.3 Å². The van der Waals surface area contributed by atoms with E-state index in [0.29, 0.717) is 38.4 Å². The number of fused-ring (bicyclic) bond motifs is 2. The normalized spacial score (nSPS) is 16.4. The summed E-state index contributed by atoms with van der Waals surface area (Å²) >= 11 is 0. The average molecular weight is 501 g/mol. The van der Waals surface area contributed by atoms with Gasteiger partial charge in [0.25, 0.3) is 17.7 Å². The fourth-order valence-electron chi connectivity index (χ4n) is 5.06. The maximum Gasteiger partial charge on any atom is 0.271 e. The quantitative estimate of drug-likeness (QED) is 0.635. The van der Waals surface area contributed by atoms with Gasteiger partial charge in [-0.25, -0.2) is 0 Å². The Hall–Kier alpha value is -4.24. The van der Waals surface area contributed by atoms with Crippen molar-refractivity contribution in [3.05, 3.63) is 77.6 Å². The van der Waals surface area contributed by atoms with E-state index < -0.39 is 5.91 Å². The number of rotatable bonds is 5. The summed E-state index contributed by atoms with van der Waals surface area (Å²) in [5, 5.41) is 2.50. The van der Waals surface area contributed by atoms with Crippen LogP contribution in [0.5, 0.6) is 0 Å². The first-order chi connectivity index (χ1) is 17.8. The van der Waals surface area contributed by atoms with Crippen LogP contribution in [0.4, 0.5) is 5.69 Å². The topological polar surface area (TPSA) is 99.3 Å². The highest BCUT2D eigenvalue weighted by atomic mass is 16.5. The second-order valence-corrected chi connectivity index (χ2v) is 9.27. The molecular formula is C28H28N4O5. The first kappa shape index (κ1) is 24.5. The van der Waals surface area contributed by atoms with E-state index in [9.17, 15) is 19.2 Å². The second kappa shape index (κ2) is 9.67. The van der Waals surface area contributed by atoms with E-state index in [1.165, 1.54) is 4.90 Å². The van der Waals surface area contributed by atoms with Crippen molar-refractivity contribution in [3.63, 3.8) is 0 Å². The van der Waals surface area contributed by atoms with Gasteiger partial charge in [0.15, 0.2) is 0 Å². The van der Waals surface area contributed by atoms with Crippen LogP contribution in [-0.4, -0.2) is 66.3 Å². The molecule has 2 aromatic rings. The Morgan fingerprint density at radius 3 is 2.43 bits per heavy atom. The third kappa shape index (κ3) is 4.42. The van der Waals surface area contributed by atoms with E-state index in [1.54, 1.807) is 22.8 Å². The van der Waals surface area contributed by atoms with Crippen molar-refractivity contribution in [2.75, 3.05) is 37.7 Å². The molecule has 9 heteroatoms. The molecule has 2 aromatic carbocycles. The summed E-state index contributed by atoms with van der Waals surface area (Å²) in [6, 6.07) is 11.4. The van der Waals surface area contributed by atoms with Crippen molar-refractivity contribution < 1.29 is 23.9 Å². The number of carbonyl (C=O) groups excluding carboxylic acids is 4. The largest absolute Gasteiger partial charge is 0.378 e. The molecule has 5 rings (SSSR count). The lowest BCUT2D eigenvalue weighted by Crippen LogP contribution is -2.45. The third-order valence-electron chi connectivity index (χ3n) is 7.04. The Morgan fingerprint density at radius 1 is 0.973 bits per heavy atom. The van der Waals surface area contributed by atoms with Crippen molar-refractivity contribution in [3.8, 4) is 11.1 Å². The van der Waals surface area contributed by atoms with E-state index >= 15 is 0 Å². The zero-order valence-electron chi connectivity index (χ0n) is 20.7. The SMILES string of the molecule is C=C(NC(=O)C(=C)N1Cc2c(cccc2-c2ccc3c(c2)CCN3C(C)=O)C1=O)C(=O)N1CCOCC1. The molecule has 0 radical (unpaired) electrons. The van der Waals surface area contributed by atoms with Gasteiger partial charge in [-0.15, -0.1) is 0 Å². The van der Waals surface area contributed by atoms with Crippen molar-refractivity contribution in [1.29, 1.82) is 0 Å². The second-order valence-electron chi connectivity index (χ2n) is 9.27. The van der Waals surface area contributed by atoms with Gasteiger partial charge in [0.05, 0.1) is 25.5 Å². The van der Waals surface area contributed by atoms with Gasteiger partial charge in [-0.1, -0.05) is 31.4 Å². The van der Waals surface area contributed by atoms with Crippen molar-refractivity contribution in [2.45, 2.75) is 19.9 Å². The average Bonchev–Trinajstić information content (AvgIpc) is 3.49. The number of nitrogens with one attached hydrogen (secondary N) is 1. The van der Waals surface area contributed by atoms with Crippen LogP contribution in [0.15, 0.2) is 61.0 Å². The van der Waals surface area contributed by atoms with Crippen LogP contribution in [0, 0.1) is 0 Å². The molecule has 0 aliphatic carbocycles.